The van der Waals surface area contributed by atoms with Gasteiger partial charge < -0.3 is 15.4 Å². The van der Waals surface area contributed by atoms with E-state index >= 15 is 0 Å². The first kappa shape index (κ1) is 19.8. The van der Waals surface area contributed by atoms with E-state index in [0.29, 0.717) is 30.5 Å². The molecule has 0 amide bonds. The molecule has 0 saturated heterocycles. The summed E-state index contributed by atoms with van der Waals surface area (Å²) in [5, 5.41) is 11.4. The van der Waals surface area contributed by atoms with Crippen molar-refractivity contribution in [3.63, 3.8) is 0 Å². The third-order valence-corrected chi connectivity index (χ3v) is 4.68. The Bertz CT molecular complexity index is 938. The first-order valence-corrected chi connectivity index (χ1v) is 9.40. The molecule has 0 aliphatic rings. The Morgan fingerprint density at radius 3 is 2.46 bits per heavy atom. The number of benzene rings is 2. The molecule has 1 aromatic heterocycles. The van der Waals surface area contributed by atoms with E-state index in [1.165, 1.54) is 0 Å². The van der Waals surface area contributed by atoms with E-state index in [1.54, 1.807) is 13.2 Å². The molecule has 0 fully saturated rings. The molecular weight excluding hydrogens is 374 g/mol. The van der Waals surface area contributed by atoms with Crippen LogP contribution in [0.2, 0.25) is 5.02 Å². The molecule has 0 unspecified atom stereocenters. The summed E-state index contributed by atoms with van der Waals surface area (Å²) in [6.07, 6.45) is 1.78. The highest BCUT2D eigenvalue weighted by Crippen LogP contribution is 2.24. The van der Waals surface area contributed by atoms with Gasteiger partial charge in [0, 0.05) is 26.8 Å². The molecular formula is C21H24ClN5O. The zero-order valence-electron chi connectivity index (χ0n) is 16.0. The number of para-hydroxylation sites is 1. The van der Waals surface area contributed by atoms with Gasteiger partial charge in [-0.05, 0) is 29.3 Å². The standard InChI is InChI=1S/C21H24ClN5O/c1-23-21(25-14-18-11-12-26-27(18)2)24-13-16-7-3-4-8-17(16)15-28-20-10-6-5-9-19(20)22/h3-12H,13-15H2,1-2H3,(H2,23,24,25). The molecule has 3 aromatic rings. The van der Waals surface area contributed by atoms with E-state index < -0.39 is 0 Å². The first-order chi connectivity index (χ1) is 13.7. The average Bonchev–Trinajstić information content (AvgIpc) is 3.13. The van der Waals surface area contributed by atoms with Crippen LogP contribution in [-0.2, 0) is 26.7 Å². The second-order valence-corrected chi connectivity index (χ2v) is 6.62. The first-order valence-electron chi connectivity index (χ1n) is 9.03. The molecule has 0 saturated carbocycles. The summed E-state index contributed by atoms with van der Waals surface area (Å²) in [6, 6.07) is 17.6. The Kier molecular flexibility index (Phi) is 6.92. The van der Waals surface area contributed by atoms with Crippen LogP contribution < -0.4 is 15.4 Å². The number of halogens is 1. The number of rotatable bonds is 7. The molecule has 3 rings (SSSR count). The van der Waals surface area contributed by atoms with Crippen molar-refractivity contribution in [1.82, 2.24) is 20.4 Å². The van der Waals surface area contributed by atoms with Crippen LogP contribution >= 0.6 is 11.6 Å². The molecule has 0 spiro atoms. The number of aliphatic imine (C=N–C) groups is 1. The number of nitrogens with zero attached hydrogens (tertiary/aromatic N) is 3. The Balaban J connectivity index is 1.58. The van der Waals surface area contributed by atoms with Gasteiger partial charge in [0.1, 0.15) is 12.4 Å². The number of ether oxygens (including phenoxy) is 1. The molecule has 0 atom stereocenters. The van der Waals surface area contributed by atoms with E-state index in [9.17, 15) is 0 Å². The Hall–Kier alpha value is -2.99. The summed E-state index contributed by atoms with van der Waals surface area (Å²) in [7, 11) is 3.67. The van der Waals surface area contributed by atoms with Crippen LogP contribution in [0, 0.1) is 0 Å². The molecule has 0 bridgehead atoms. The maximum atomic E-state index is 6.17. The van der Waals surface area contributed by atoms with Crippen molar-refractivity contribution >= 4 is 17.6 Å². The average molecular weight is 398 g/mol. The summed E-state index contributed by atoms with van der Waals surface area (Å²) < 4.78 is 7.73. The summed E-state index contributed by atoms with van der Waals surface area (Å²) in [5.74, 6) is 1.41. The fourth-order valence-corrected chi connectivity index (χ4v) is 2.93. The van der Waals surface area contributed by atoms with Crippen LogP contribution in [0.1, 0.15) is 16.8 Å². The third kappa shape index (κ3) is 5.27. The van der Waals surface area contributed by atoms with Gasteiger partial charge >= 0.3 is 0 Å². The lowest BCUT2D eigenvalue weighted by molar-refractivity contribution is 0.305. The minimum Gasteiger partial charge on any atom is -0.487 e. The van der Waals surface area contributed by atoms with Gasteiger partial charge in [-0.1, -0.05) is 48.0 Å². The highest BCUT2D eigenvalue weighted by Gasteiger charge is 2.07. The van der Waals surface area contributed by atoms with Crippen LogP contribution in [0.25, 0.3) is 0 Å². The second-order valence-electron chi connectivity index (χ2n) is 6.21. The molecule has 1 heterocycles. The van der Waals surface area contributed by atoms with E-state index in [1.807, 2.05) is 54.2 Å². The van der Waals surface area contributed by atoms with Crippen LogP contribution in [0.4, 0.5) is 0 Å². The highest BCUT2D eigenvalue weighted by molar-refractivity contribution is 6.32. The van der Waals surface area contributed by atoms with E-state index in [4.69, 9.17) is 16.3 Å². The Morgan fingerprint density at radius 1 is 1.04 bits per heavy atom. The van der Waals surface area contributed by atoms with Crippen molar-refractivity contribution < 1.29 is 4.74 Å². The fraction of sp³-hybridized carbons (Fsp3) is 0.238. The number of hydrogen-bond donors (Lipinski definition) is 2. The topological polar surface area (TPSA) is 63.5 Å². The third-order valence-electron chi connectivity index (χ3n) is 4.37. The molecule has 6 nitrogen and oxygen atoms in total. The largest absolute Gasteiger partial charge is 0.487 e. The van der Waals surface area contributed by atoms with Gasteiger partial charge in [-0.2, -0.15) is 5.10 Å². The van der Waals surface area contributed by atoms with Gasteiger partial charge in [0.2, 0.25) is 0 Å². The molecule has 0 radical (unpaired) electrons. The van der Waals surface area contributed by atoms with Gasteiger partial charge in [-0.3, -0.25) is 9.67 Å². The smallest absolute Gasteiger partial charge is 0.191 e. The fourth-order valence-electron chi connectivity index (χ4n) is 2.74. The van der Waals surface area contributed by atoms with Gasteiger partial charge in [-0.25, -0.2) is 0 Å². The Labute approximate surface area is 170 Å². The van der Waals surface area contributed by atoms with Crippen molar-refractivity contribution in [3.05, 3.63) is 82.6 Å². The van der Waals surface area contributed by atoms with Crippen LogP contribution in [0.5, 0.6) is 5.75 Å². The van der Waals surface area contributed by atoms with Gasteiger partial charge in [-0.15, -0.1) is 0 Å². The van der Waals surface area contributed by atoms with Crippen molar-refractivity contribution in [3.8, 4) is 5.75 Å². The zero-order chi connectivity index (χ0) is 19.8. The number of aromatic nitrogens is 2. The minimum atomic E-state index is 0.447. The number of nitrogens with one attached hydrogen (secondary N) is 2. The van der Waals surface area contributed by atoms with Crippen molar-refractivity contribution in [2.75, 3.05) is 7.05 Å². The summed E-state index contributed by atoms with van der Waals surface area (Å²) in [4.78, 5) is 4.28. The van der Waals surface area contributed by atoms with Crippen LogP contribution in [0.3, 0.4) is 0 Å². The lowest BCUT2D eigenvalue weighted by Crippen LogP contribution is -2.37. The lowest BCUT2D eigenvalue weighted by Gasteiger charge is -2.15. The molecule has 0 aliphatic carbocycles. The van der Waals surface area contributed by atoms with Crippen molar-refractivity contribution in [1.29, 1.82) is 0 Å². The molecule has 0 aliphatic heterocycles. The highest BCUT2D eigenvalue weighted by atomic mass is 35.5. The summed E-state index contributed by atoms with van der Waals surface area (Å²) in [5.41, 5.74) is 3.31. The second kappa shape index (κ2) is 9.80. The van der Waals surface area contributed by atoms with Crippen LogP contribution in [-0.4, -0.2) is 22.8 Å². The quantitative estimate of drug-likeness (QED) is 0.473. The lowest BCUT2D eigenvalue weighted by atomic mass is 10.1. The number of guanidine groups is 1. The van der Waals surface area contributed by atoms with E-state index in [2.05, 4.69) is 32.9 Å². The van der Waals surface area contributed by atoms with E-state index in [0.717, 1.165) is 22.8 Å². The number of hydrogen-bond acceptors (Lipinski definition) is 3. The zero-order valence-corrected chi connectivity index (χ0v) is 16.8. The molecule has 28 heavy (non-hydrogen) atoms. The normalized spacial score (nSPS) is 11.3. The van der Waals surface area contributed by atoms with Gasteiger partial charge in [0.15, 0.2) is 5.96 Å². The predicted molar refractivity (Wildman–Crippen MR) is 112 cm³/mol. The maximum Gasteiger partial charge on any atom is 0.191 e. The SMILES string of the molecule is CN=C(NCc1ccccc1COc1ccccc1Cl)NCc1ccnn1C. The molecule has 7 heteroatoms. The Morgan fingerprint density at radius 2 is 1.75 bits per heavy atom. The summed E-state index contributed by atoms with van der Waals surface area (Å²) >= 11 is 6.17. The van der Waals surface area contributed by atoms with Crippen molar-refractivity contribution in [2.45, 2.75) is 19.7 Å². The molecule has 2 N–H and O–H groups in total. The van der Waals surface area contributed by atoms with Gasteiger partial charge in [0.05, 0.1) is 17.3 Å². The minimum absolute atomic E-state index is 0.447. The van der Waals surface area contributed by atoms with Gasteiger partial charge in [0.25, 0.3) is 0 Å². The number of aryl methyl sites for hydroxylation is 1. The van der Waals surface area contributed by atoms with Crippen molar-refractivity contribution in [2.24, 2.45) is 12.0 Å². The predicted octanol–water partition coefficient (Wildman–Crippen LogP) is 3.52. The monoisotopic (exact) mass is 397 g/mol. The van der Waals surface area contributed by atoms with E-state index in [-0.39, 0.29) is 0 Å². The maximum absolute atomic E-state index is 6.17. The molecule has 146 valence electrons. The molecule has 2 aromatic carbocycles. The summed E-state index contributed by atoms with van der Waals surface area (Å²) in [6.45, 7) is 1.73. The van der Waals surface area contributed by atoms with Crippen LogP contribution in [0.15, 0.2) is 65.8 Å².